The minimum absolute atomic E-state index is 0.0455. The van der Waals surface area contributed by atoms with E-state index in [1.54, 1.807) is 0 Å². The van der Waals surface area contributed by atoms with Gasteiger partial charge in [-0.05, 0) is 36.3 Å². The summed E-state index contributed by atoms with van der Waals surface area (Å²) in [5.74, 6) is 6.37. The molecule has 98 valence electrons. The first kappa shape index (κ1) is 13.4. The molecule has 0 aliphatic heterocycles. The summed E-state index contributed by atoms with van der Waals surface area (Å²) in [6, 6.07) is 8.37. The lowest BCUT2D eigenvalue weighted by Crippen LogP contribution is -2.45. The van der Waals surface area contributed by atoms with Gasteiger partial charge in [-0.3, -0.25) is 10.2 Å². The van der Waals surface area contributed by atoms with E-state index in [2.05, 4.69) is 36.6 Å². The second-order valence-corrected chi connectivity index (χ2v) is 6.06. The molecule has 0 heterocycles. The van der Waals surface area contributed by atoms with Crippen LogP contribution in [0.5, 0.6) is 0 Å². The van der Waals surface area contributed by atoms with E-state index in [1.807, 2.05) is 11.8 Å². The minimum atomic E-state index is -0.399. The topological polar surface area (TPSA) is 55.1 Å². The van der Waals surface area contributed by atoms with Gasteiger partial charge in [-0.15, -0.1) is 11.8 Å². The molecule has 1 aliphatic carbocycles. The SMILES string of the molecule is CCSc1ccc(C2(C(=O)NN)CCCC2)cc1. The summed E-state index contributed by atoms with van der Waals surface area (Å²) >= 11 is 1.81. The Morgan fingerprint density at radius 2 is 1.94 bits per heavy atom. The van der Waals surface area contributed by atoms with Crippen LogP contribution in [0.3, 0.4) is 0 Å². The summed E-state index contributed by atoms with van der Waals surface area (Å²) in [6.45, 7) is 2.14. The van der Waals surface area contributed by atoms with Crippen LogP contribution in [-0.4, -0.2) is 11.7 Å². The van der Waals surface area contributed by atoms with Crippen molar-refractivity contribution in [3.8, 4) is 0 Å². The van der Waals surface area contributed by atoms with Gasteiger partial charge in [0.2, 0.25) is 5.91 Å². The zero-order valence-corrected chi connectivity index (χ0v) is 11.6. The van der Waals surface area contributed by atoms with Crippen molar-refractivity contribution in [3.05, 3.63) is 29.8 Å². The summed E-state index contributed by atoms with van der Waals surface area (Å²) in [5, 5.41) is 0. The van der Waals surface area contributed by atoms with Crippen LogP contribution in [0.15, 0.2) is 29.2 Å². The number of nitrogens with one attached hydrogen (secondary N) is 1. The maximum absolute atomic E-state index is 12.1. The number of hydrogen-bond acceptors (Lipinski definition) is 3. The molecular weight excluding hydrogens is 244 g/mol. The number of carbonyl (C=O) groups is 1. The lowest BCUT2D eigenvalue weighted by atomic mass is 9.78. The molecule has 1 saturated carbocycles. The monoisotopic (exact) mass is 264 g/mol. The van der Waals surface area contributed by atoms with Gasteiger partial charge >= 0.3 is 0 Å². The molecule has 1 aromatic rings. The van der Waals surface area contributed by atoms with Crippen molar-refractivity contribution in [2.45, 2.75) is 42.9 Å². The Balaban J connectivity index is 2.28. The molecule has 3 nitrogen and oxygen atoms in total. The average molecular weight is 264 g/mol. The lowest BCUT2D eigenvalue weighted by molar-refractivity contribution is -0.126. The zero-order valence-electron chi connectivity index (χ0n) is 10.7. The molecular formula is C14H20N2OS. The molecule has 0 atom stereocenters. The third-order valence-electron chi connectivity index (χ3n) is 3.74. The van der Waals surface area contributed by atoms with Crippen molar-refractivity contribution < 1.29 is 4.79 Å². The Kier molecular flexibility index (Phi) is 4.30. The molecule has 0 bridgehead atoms. The number of carbonyl (C=O) groups excluding carboxylic acids is 1. The molecule has 1 aromatic carbocycles. The number of amides is 1. The van der Waals surface area contributed by atoms with Crippen LogP contribution >= 0.6 is 11.8 Å². The van der Waals surface area contributed by atoms with Gasteiger partial charge in [-0.1, -0.05) is 31.9 Å². The van der Waals surface area contributed by atoms with Gasteiger partial charge in [0.05, 0.1) is 5.41 Å². The molecule has 0 spiro atoms. The quantitative estimate of drug-likeness (QED) is 0.380. The van der Waals surface area contributed by atoms with Crippen LogP contribution in [0.2, 0.25) is 0 Å². The van der Waals surface area contributed by atoms with Gasteiger partial charge < -0.3 is 0 Å². The van der Waals surface area contributed by atoms with E-state index in [9.17, 15) is 4.79 Å². The largest absolute Gasteiger partial charge is 0.293 e. The molecule has 1 amide bonds. The number of thioether (sulfide) groups is 1. The maximum Gasteiger partial charge on any atom is 0.244 e. The number of nitrogens with two attached hydrogens (primary N) is 1. The predicted molar refractivity (Wildman–Crippen MR) is 75.3 cm³/mol. The highest BCUT2D eigenvalue weighted by Gasteiger charge is 2.42. The number of rotatable bonds is 4. The van der Waals surface area contributed by atoms with Crippen molar-refractivity contribution in [3.63, 3.8) is 0 Å². The van der Waals surface area contributed by atoms with Crippen LogP contribution in [0.4, 0.5) is 0 Å². The van der Waals surface area contributed by atoms with Gasteiger partial charge in [0, 0.05) is 4.90 Å². The third-order valence-corrected chi connectivity index (χ3v) is 4.63. The molecule has 0 unspecified atom stereocenters. The smallest absolute Gasteiger partial charge is 0.244 e. The van der Waals surface area contributed by atoms with Crippen molar-refractivity contribution in [1.82, 2.24) is 5.43 Å². The van der Waals surface area contributed by atoms with Crippen molar-refractivity contribution >= 4 is 17.7 Å². The molecule has 2 rings (SSSR count). The number of benzene rings is 1. The fourth-order valence-corrected chi connectivity index (χ4v) is 3.46. The van der Waals surface area contributed by atoms with Crippen molar-refractivity contribution in [1.29, 1.82) is 0 Å². The lowest BCUT2D eigenvalue weighted by Gasteiger charge is -2.27. The van der Waals surface area contributed by atoms with Gasteiger partial charge in [-0.25, -0.2) is 5.84 Å². The predicted octanol–water partition coefficient (Wildman–Crippen LogP) is 2.60. The highest BCUT2D eigenvalue weighted by molar-refractivity contribution is 7.99. The molecule has 1 fully saturated rings. The van der Waals surface area contributed by atoms with E-state index in [0.717, 1.165) is 37.0 Å². The summed E-state index contributed by atoms with van der Waals surface area (Å²) in [4.78, 5) is 13.4. The normalized spacial score (nSPS) is 17.7. The first-order valence-corrected chi connectivity index (χ1v) is 7.46. The fourth-order valence-electron chi connectivity index (χ4n) is 2.80. The Bertz CT molecular complexity index is 410. The molecule has 3 N–H and O–H groups in total. The van der Waals surface area contributed by atoms with E-state index in [1.165, 1.54) is 4.90 Å². The molecule has 18 heavy (non-hydrogen) atoms. The van der Waals surface area contributed by atoms with E-state index >= 15 is 0 Å². The van der Waals surface area contributed by atoms with Crippen LogP contribution < -0.4 is 11.3 Å². The molecule has 0 aromatic heterocycles. The average Bonchev–Trinajstić information content (AvgIpc) is 2.90. The van der Waals surface area contributed by atoms with Gasteiger partial charge in [0.25, 0.3) is 0 Å². The molecule has 0 saturated heterocycles. The van der Waals surface area contributed by atoms with Crippen molar-refractivity contribution in [2.24, 2.45) is 5.84 Å². The van der Waals surface area contributed by atoms with E-state index < -0.39 is 5.41 Å². The van der Waals surface area contributed by atoms with E-state index in [-0.39, 0.29) is 5.91 Å². The highest BCUT2D eigenvalue weighted by atomic mass is 32.2. The Labute approximate surface area is 112 Å². The highest BCUT2D eigenvalue weighted by Crippen LogP contribution is 2.41. The van der Waals surface area contributed by atoms with Crippen LogP contribution in [0, 0.1) is 0 Å². The fraction of sp³-hybridized carbons (Fsp3) is 0.500. The van der Waals surface area contributed by atoms with Gasteiger partial charge in [-0.2, -0.15) is 0 Å². The summed E-state index contributed by atoms with van der Waals surface area (Å²) in [7, 11) is 0. The summed E-state index contributed by atoms with van der Waals surface area (Å²) in [6.07, 6.45) is 3.99. The van der Waals surface area contributed by atoms with Crippen LogP contribution in [-0.2, 0) is 10.2 Å². The summed E-state index contributed by atoms with van der Waals surface area (Å²) in [5.41, 5.74) is 3.04. The maximum atomic E-state index is 12.1. The third kappa shape index (κ3) is 2.40. The molecule has 4 heteroatoms. The summed E-state index contributed by atoms with van der Waals surface area (Å²) < 4.78 is 0. The standard InChI is InChI=1S/C14H20N2OS/c1-2-18-12-7-5-11(6-8-12)14(13(17)16-15)9-3-4-10-14/h5-8H,2-4,9-10,15H2,1H3,(H,16,17). The first-order chi connectivity index (χ1) is 8.73. The van der Waals surface area contributed by atoms with Crippen LogP contribution in [0.25, 0.3) is 0 Å². The van der Waals surface area contributed by atoms with Crippen LogP contribution in [0.1, 0.15) is 38.2 Å². The molecule has 1 aliphatic rings. The molecule has 0 radical (unpaired) electrons. The number of hydrogen-bond donors (Lipinski definition) is 2. The second-order valence-electron chi connectivity index (χ2n) is 4.72. The number of hydrazine groups is 1. The minimum Gasteiger partial charge on any atom is -0.293 e. The zero-order chi connectivity index (χ0) is 13.0. The Hall–Kier alpha value is -1.00. The first-order valence-electron chi connectivity index (χ1n) is 6.47. The Morgan fingerprint density at radius 3 is 2.44 bits per heavy atom. The Morgan fingerprint density at radius 1 is 1.33 bits per heavy atom. The van der Waals surface area contributed by atoms with Gasteiger partial charge in [0.15, 0.2) is 0 Å². The van der Waals surface area contributed by atoms with Crippen molar-refractivity contribution in [2.75, 3.05) is 5.75 Å². The van der Waals surface area contributed by atoms with E-state index in [0.29, 0.717) is 0 Å². The van der Waals surface area contributed by atoms with E-state index in [4.69, 9.17) is 5.84 Å². The second kappa shape index (κ2) is 5.76. The van der Waals surface area contributed by atoms with Gasteiger partial charge in [0.1, 0.15) is 0 Å².